The standard InChI is InChI=1S/C16H14Cl4O4/c17-9-1-3-15(11(19)5-9)23-7-13(21)14(22)8-24-16-4-2-10(18)6-12(16)20/h1-6,13-14,21-22H,7-8H2/t13-,14-/m0/s1. The van der Waals surface area contributed by atoms with Crippen molar-refractivity contribution in [2.45, 2.75) is 12.2 Å². The number of aliphatic hydroxyl groups excluding tert-OH is 2. The van der Waals surface area contributed by atoms with Crippen molar-refractivity contribution in [2.24, 2.45) is 0 Å². The first-order valence-corrected chi connectivity index (χ1v) is 8.40. The molecule has 0 aliphatic heterocycles. The molecule has 0 radical (unpaired) electrons. The van der Waals surface area contributed by atoms with Gasteiger partial charge in [0.05, 0.1) is 10.0 Å². The molecule has 8 heteroatoms. The highest BCUT2D eigenvalue weighted by Gasteiger charge is 2.19. The second-order valence-corrected chi connectivity index (χ2v) is 6.59. The summed E-state index contributed by atoms with van der Waals surface area (Å²) in [6, 6.07) is 9.41. The van der Waals surface area contributed by atoms with Crippen molar-refractivity contribution in [3.63, 3.8) is 0 Å². The summed E-state index contributed by atoms with van der Waals surface area (Å²) in [5.41, 5.74) is 0. The molecule has 2 aromatic carbocycles. The van der Waals surface area contributed by atoms with Crippen molar-refractivity contribution in [1.29, 1.82) is 0 Å². The van der Waals surface area contributed by atoms with Crippen LogP contribution < -0.4 is 9.47 Å². The molecule has 4 nitrogen and oxygen atoms in total. The van der Waals surface area contributed by atoms with Crippen molar-refractivity contribution < 1.29 is 19.7 Å². The van der Waals surface area contributed by atoms with Gasteiger partial charge in [-0.3, -0.25) is 0 Å². The lowest BCUT2D eigenvalue weighted by Crippen LogP contribution is -2.36. The molecule has 0 heterocycles. The quantitative estimate of drug-likeness (QED) is 0.705. The monoisotopic (exact) mass is 410 g/mol. The summed E-state index contributed by atoms with van der Waals surface area (Å²) < 4.78 is 10.7. The van der Waals surface area contributed by atoms with Crippen LogP contribution in [0.25, 0.3) is 0 Å². The molecule has 0 amide bonds. The molecule has 0 bridgehead atoms. The van der Waals surface area contributed by atoms with E-state index in [4.69, 9.17) is 55.9 Å². The van der Waals surface area contributed by atoms with Gasteiger partial charge in [-0.15, -0.1) is 0 Å². The minimum Gasteiger partial charge on any atom is -0.489 e. The van der Waals surface area contributed by atoms with E-state index in [2.05, 4.69) is 0 Å². The van der Waals surface area contributed by atoms with Crippen LogP contribution in [0.5, 0.6) is 11.5 Å². The van der Waals surface area contributed by atoms with E-state index in [9.17, 15) is 10.2 Å². The number of rotatable bonds is 7. The average molecular weight is 412 g/mol. The Morgan fingerprint density at radius 2 is 1.08 bits per heavy atom. The predicted octanol–water partition coefficient (Wildman–Crippen LogP) is 4.48. The molecule has 0 fully saturated rings. The molecule has 0 spiro atoms. The van der Waals surface area contributed by atoms with Gasteiger partial charge in [-0.25, -0.2) is 0 Å². The minimum atomic E-state index is -1.18. The second-order valence-electron chi connectivity index (χ2n) is 4.91. The highest BCUT2D eigenvalue weighted by atomic mass is 35.5. The second kappa shape index (κ2) is 8.99. The van der Waals surface area contributed by atoms with Gasteiger partial charge in [0.1, 0.15) is 36.9 Å². The molecule has 2 N–H and O–H groups in total. The first kappa shape index (κ1) is 19.4. The Morgan fingerprint density at radius 3 is 1.42 bits per heavy atom. The predicted molar refractivity (Wildman–Crippen MR) is 95.9 cm³/mol. The number of aliphatic hydroxyl groups is 2. The third-order valence-electron chi connectivity index (χ3n) is 3.05. The van der Waals surface area contributed by atoms with Gasteiger partial charge in [-0.05, 0) is 36.4 Å². The average Bonchev–Trinajstić information content (AvgIpc) is 2.52. The van der Waals surface area contributed by atoms with Crippen LogP contribution in [0.2, 0.25) is 20.1 Å². The van der Waals surface area contributed by atoms with E-state index >= 15 is 0 Å². The zero-order valence-corrected chi connectivity index (χ0v) is 15.3. The molecule has 0 aliphatic rings. The van der Waals surface area contributed by atoms with Gasteiger partial charge >= 0.3 is 0 Å². The van der Waals surface area contributed by atoms with E-state index in [1.54, 1.807) is 24.3 Å². The van der Waals surface area contributed by atoms with Gasteiger partial charge < -0.3 is 19.7 Å². The van der Waals surface area contributed by atoms with Gasteiger partial charge in [0.25, 0.3) is 0 Å². The summed E-state index contributed by atoms with van der Waals surface area (Å²) in [5.74, 6) is 0.711. The first-order chi connectivity index (χ1) is 11.4. The summed E-state index contributed by atoms with van der Waals surface area (Å²) in [4.78, 5) is 0. The van der Waals surface area contributed by atoms with Crippen molar-refractivity contribution in [3.8, 4) is 11.5 Å². The van der Waals surface area contributed by atoms with Crippen LogP contribution in [0.3, 0.4) is 0 Å². The molecule has 2 aromatic rings. The molecule has 2 rings (SSSR count). The van der Waals surface area contributed by atoms with Crippen LogP contribution in [0, 0.1) is 0 Å². The molecule has 0 aliphatic carbocycles. The van der Waals surface area contributed by atoms with Gasteiger partial charge in [0.2, 0.25) is 0 Å². The molecule has 2 atom stereocenters. The van der Waals surface area contributed by atoms with Gasteiger partial charge in [0.15, 0.2) is 0 Å². The van der Waals surface area contributed by atoms with Crippen LogP contribution in [0.15, 0.2) is 36.4 Å². The van der Waals surface area contributed by atoms with Crippen molar-refractivity contribution >= 4 is 46.4 Å². The van der Waals surface area contributed by atoms with Crippen LogP contribution in [0.4, 0.5) is 0 Å². The third-order valence-corrected chi connectivity index (χ3v) is 4.11. The van der Waals surface area contributed by atoms with Gasteiger partial charge in [-0.1, -0.05) is 46.4 Å². The third kappa shape index (κ3) is 5.59. The van der Waals surface area contributed by atoms with Crippen molar-refractivity contribution in [3.05, 3.63) is 56.5 Å². The van der Waals surface area contributed by atoms with Gasteiger partial charge in [0, 0.05) is 10.0 Å². The van der Waals surface area contributed by atoms with E-state index in [1.165, 1.54) is 12.1 Å². The Morgan fingerprint density at radius 1 is 0.708 bits per heavy atom. The number of hydrogen-bond acceptors (Lipinski definition) is 4. The van der Waals surface area contributed by atoms with E-state index in [1.807, 2.05) is 0 Å². The fourth-order valence-corrected chi connectivity index (χ4v) is 2.68. The van der Waals surface area contributed by atoms with E-state index in [0.29, 0.717) is 31.6 Å². The minimum absolute atomic E-state index is 0.166. The summed E-state index contributed by atoms with van der Waals surface area (Å²) >= 11 is 23.5. The first-order valence-electron chi connectivity index (χ1n) is 6.88. The normalized spacial score (nSPS) is 13.4. The molecule has 24 heavy (non-hydrogen) atoms. The Labute approximate surface area is 159 Å². The number of halogens is 4. The maximum atomic E-state index is 9.94. The highest BCUT2D eigenvalue weighted by Crippen LogP contribution is 2.28. The van der Waals surface area contributed by atoms with Crippen LogP contribution in [-0.2, 0) is 0 Å². The van der Waals surface area contributed by atoms with Crippen LogP contribution in [0.1, 0.15) is 0 Å². The molecule has 130 valence electrons. The highest BCUT2D eigenvalue weighted by molar-refractivity contribution is 6.36. The Bertz CT molecular complexity index is 636. The molecule has 0 saturated heterocycles. The summed E-state index contributed by atoms with van der Waals surface area (Å²) in [5, 5.41) is 21.4. The molecular weight excluding hydrogens is 398 g/mol. The Hall–Kier alpha value is -0.880. The molecule has 0 aromatic heterocycles. The summed E-state index contributed by atoms with van der Waals surface area (Å²) in [7, 11) is 0. The van der Waals surface area contributed by atoms with Crippen molar-refractivity contribution in [1.82, 2.24) is 0 Å². The van der Waals surface area contributed by atoms with Gasteiger partial charge in [-0.2, -0.15) is 0 Å². The Balaban J connectivity index is 1.84. The number of hydrogen-bond donors (Lipinski definition) is 2. The Kier molecular flexibility index (Phi) is 7.29. The lowest BCUT2D eigenvalue weighted by Gasteiger charge is -2.19. The molecular formula is C16H14Cl4O4. The van der Waals surface area contributed by atoms with Crippen LogP contribution in [-0.4, -0.2) is 35.6 Å². The largest absolute Gasteiger partial charge is 0.489 e. The molecule has 0 unspecified atom stereocenters. The van der Waals surface area contributed by atoms with E-state index < -0.39 is 12.2 Å². The maximum Gasteiger partial charge on any atom is 0.138 e. The lowest BCUT2D eigenvalue weighted by molar-refractivity contribution is -0.0288. The maximum absolute atomic E-state index is 9.94. The zero-order valence-electron chi connectivity index (χ0n) is 12.3. The fraction of sp³-hybridized carbons (Fsp3) is 0.250. The summed E-state index contributed by atoms with van der Waals surface area (Å²) in [6.07, 6.45) is -2.36. The number of ether oxygens (including phenoxy) is 2. The zero-order chi connectivity index (χ0) is 17.7. The lowest BCUT2D eigenvalue weighted by atomic mass is 10.2. The summed E-state index contributed by atoms with van der Waals surface area (Å²) in [6.45, 7) is -0.333. The van der Waals surface area contributed by atoms with E-state index in [0.717, 1.165) is 0 Å². The van der Waals surface area contributed by atoms with E-state index in [-0.39, 0.29) is 13.2 Å². The van der Waals surface area contributed by atoms with Crippen LogP contribution >= 0.6 is 46.4 Å². The SMILES string of the molecule is O[C@@H](COc1ccc(Cl)cc1Cl)[C@@H](O)COc1ccc(Cl)cc1Cl. The number of benzene rings is 2. The molecule has 0 saturated carbocycles. The fourth-order valence-electron chi connectivity index (χ4n) is 1.76. The smallest absolute Gasteiger partial charge is 0.138 e. The van der Waals surface area contributed by atoms with Crippen molar-refractivity contribution in [2.75, 3.05) is 13.2 Å². The topological polar surface area (TPSA) is 58.9 Å².